The number of carboxylic acid groups (broad SMARTS) is 1. The molecule has 1 aromatic rings. The second-order valence-corrected chi connectivity index (χ2v) is 4.11. The zero-order valence-corrected chi connectivity index (χ0v) is 8.28. The zero-order chi connectivity index (χ0) is 12.0. The first-order valence-electron chi connectivity index (χ1n) is 4.77. The average Bonchev–Trinajstić information content (AvgIpc) is 2.14. The Morgan fingerprint density at radius 3 is 2.25 bits per heavy atom. The minimum atomic E-state index is -2.96. The molecule has 86 valence electrons. The van der Waals surface area contributed by atoms with Crippen LogP contribution >= 0.6 is 0 Å². The van der Waals surface area contributed by atoms with E-state index in [-0.39, 0.29) is 11.3 Å². The second kappa shape index (κ2) is 3.17. The standard InChI is InChI=1S/C11H10F2O3/c12-11(13)5-10(6-11,9(15)16)7-3-1-2-4-8(7)14/h1-4,14H,5-6H2,(H,15,16). The van der Waals surface area contributed by atoms with Gasteiger partial charge < -0.3 is 10.2 Å². The van der Waals surface area contributed by atoms with Gasteiger partial charge in [-0.1, -0.05) is 18.2 Å². The lowest BCUT2D eigenvalue weighted by atomic mass is 9.62. The van der Waals surface area contributed by atoms with Crippen molar-refractivity contribution in [2.75, 3.05) is 0 Å². The van der Waals surface area contributed by atoms with Crippen molar-refractivity contribution in [1.29, 1.82) is 0 Å². The van der Waals surface area contributed by atoms with Gasteiger partial charge in [0.2, 0.25) is 0 Å². The van der Waals surface area contributed by atoms with E-state index in [2.05, 4.69) is 0 Å². The number of hydrogen-bond donors (Lipinski definition) is 2. The van der Waals surface area contributed by atoms with Crippen molar-refractivity contribution >= 4 is 5.97 Å². The van der Waals surface area contributed by atoms with Crippen LogP contribution in [0.3, 0.4) is 0 Å². The van der Waals surface area contributed by atoms with Gasteiger partial charge in [-0.25, -0.2) is 8.78 Å². The largest absolute Gasteiger partial charge is 0.508 e. The van der Waals surface area contributed by atoms with Gasteiger partial charge in [0.15, 0.2) is 0 Å². The molecule has 0 radical (unpaired) electrons. The number of phenolic OH excluding ortho intramolecular Hbond substituents is 1. The van der Waals surface area contributed by atoms with Crippen LogP contribution in [0.15, 0.2) is 24.3 Å². The molecule has 0 spiro atoms. The fourth-order valence-electron chi connectivity index (χ4n) is 2.17. The molecular weight excluding hydrogens is 218 g/mol. The van der Waals surface area contributed by atoms with Crippen molar-refractivity contribution < 1.29 is 23.8 Å². The number of hydrogen-bond acceptors (Lipinski definition) is 2. The van der Waals surface area contributed by atoms with Gasteiger partial charge in [-0.3, -0.25) is 4.79 Å². The summed E-state index contributed by atoms with van der Waals surface area (Å²) in [4.78, 5) is 11.1. The SMILES string of the molecule is O=C(O)C1(c2ccccc2O)CC(F)(F)C1. The topological polar surface area (TPSA) is 57.5 Å². The van der Waals surface area contributed by atoms with E-state index in [0.717, 1.165) is 0 Å². The summed E-state index contributed by atoms with van der Waals surface area (Å²) in [6.45, 7) is 0. The van der Waals surface area contributed by atoms with E-state index in [0.29, 0.717) is 0 Å². The molecule has 16 heavy (non-hydrogen) atoms. The maximum Gasteiger partial charge on any atom is 0.314 e. The molecule has 0 unspecified atom stereocenters. The van der Waals surface area contributed by atoms with Crippen molar-refractivity contribution in [2.45, 2.75) is 24.2 Å². The quantitative estimate of drug-likeness (QED) is 0.815. The van der Waals surface area contributed by atoms with Gasteiger partial charge >= 0.3 is 5.97 Å². The van der Waals surface area contributed by atoms with Crippen LogP contribution in [-0.2, 0) is 10.2 Å². The molecule has 3 nitrogen and oxygen atoms in total. The van der Waals surface area contributed by atoms with Crippen LogP contribution in [0.5, 0.6) is 5.75 Å². The van der Waals surface area contributed by atoms with Crippen LogP contribution < -0.4 is 0 Å². The van der Waals surface area contributed by atoms with Gasteiger partial charge in [-0.15, -0.1) is 0 Å². The Kier molecular flexibility index (Phi) is 2.15. The van der Waals surface area contributed by atoms with Crippen molar-refractivity contribution in [3.8, 4) is 5.75 Å². The molecule has 0 saturated heterocycles. The Labute approximate surface area is 90.3 Å². The number of phenols is 1. The van der Waals surface area contributed by atoms with Gasteiger partial charge in [-0.05, 0) is 6.07 Å². The smallest absolute Gasteiger partial charge is 0.314 e. The summed E-state index contributed by atoms with van der Waals surface area (Å²) in [5.74, 6) is -4.53. The van der Waals surface area contributed by atoms with E-state index in [9.17, 15) is 18.7 Å². The summed E-state index contributed by atoms with van der Waals surface area (Å²) in [6.07, 6.45) is -1.51. The van der Waals surface area contributed by atoms with Gasteiger partial charge in [0.05, 0.1) is 0 Å². The van der Waals surface area contributed by atoms with Gasteiger partial charge in [0.25, 0.3) is 5.92 Å². The predicted octanol–water partition coefficient (Wildman–Crippen LogP) is 2.14. The third kappa shape index (κ3) is 1.43. The van der Waals surface area contributed by atoms with Crippen molar-refractivity contribution in [2.24, 2.45) is 0 Å². The molecule has 0 heterocycles. The molecule has 1 aromatic carbocycles. The molecule has 0 amide bonds. The number of benzene rings is 1. The van der Waals surface area contributed by atoms with E-state index in [1.807, 2.05) is 0 Å². The van der Waals surface area contributed by atoms with Crippen LogP contribution in [0.2, 0.25) is 0 Å². The minimum Gasteiger partial charge on any atom is -0.508 e. The molecular formula is C11H10F2O3. The summed E-state index contributed by atoms with van der Waals surface area (Å²) in [5, 5.41) is 18.6. The lowest BCUT2D eigenvalue weighted by Gasteiger charge is -2.44. The predicted molar refractivity (Wildman–Crippen MR) is 51.6 cm³/mol. The number of alkyl halides is 2. The maximum atomic E-state index is 12.9. The van der Waals surface area contributed by atoms with E-state index in [4.69, 9.17) is 5.11 Å². The molecule has 0 bridgehead atoms. The zero-order valence-electron chi connectivity index (χ0n) is 8.28. The maximum absolute atomic E-state index is 12.9. The number of aromatic hydroxyl groups is 1. The van der Waals surface area contributed by atoms with Crippen molar-refractivity contribution in [3.05, 3.63) is 29.8 Å². The number of halogens is 2. The Morgan fingerprint density at radius 1 is 1.25 bits per heavy atom. The first-order chi connectivity index (χ1) is 7.37. The second-order valence-electron chi connectivity index (χ2n) is 4.11. The monoisotopic (exact) mass is 228 g/mol. The fourth-order valence-corrected chi connectivity index (χ4v) is 2.17. The van der Waals surface area contributed by atoms with E-state index in [1.54, 1.807) is 0 Å². The van der Waals surface area contributed by atoms with Crippen molar-refractivity contribution in [3.63, 3.8) is 0 Å². The average molecular weight is 228 g/mol. The summed E-state index contributed by atoms with van der Waals surface area (Å²) in [5.41, 5.74) is -1.58. The molecule has 1 aliphatic rings. The lowest BCUT2D eigenvalue weighted by Crippen LogP contribution is -2.54. The first-order valence-corrected chi connectivity index (χ1v) is 4.77. The van der Waals surface area contributed by atoms with Crippen LogP contribution in [0.4, 0.5) is 8.78 Å². The van der Waals surface area contributed by atoms with Gasteiger partial charge in [-0.2, -0.15) is 0 Å². The highest BCUT2D eigenvalue weighted by molar-refractivity contribution is 5.84. The Morgan fingerprint density at radius 2 is 1.81 bits per heavy atom. The van der Waals surface area contributed by atoms with Crippen LogP contribution in [-0.4, -0.2) is 22.1 Å². The molecule has 0 aromatic heterocycles. The van der Waals surface area contributed by atoms with E-state index < -0.39 is 30.1 Å². The molecule has 2 N–H and O–H groups in total. The Hall–Kier alpha value is -1.65. The van der Waals surface area contributed by atoms with Crippen molar-refractivity contribution in [1.82, 2.24) is 0 Å². The highest BCUT2D eigenvalue weighted by Crippen LogP contribution is 2.55. The summed E-state index contributed by atoms with van der Waals surface area (Å²) >= 11 is 0. The molecule has 2 rings (SSSR count). The van der Waals surface area contributed by atoms with E-state index in [1.165, 1.54) is 24.3 Å². The van der Waals surface area contributed by atoms with Crippen LogP contribution in [0.25, 0.3) is 0 Å². The fraction of sp³-hybridized carbons (Fsp3) is 0.364. The Bertz CT molecular complexity index is 435. The highest BCUT2D eigenvalue weighted by atomic mass is 19.3. The number of rotatable bonds is 2. The Balaban J connectivity index is 2.44. The van der Waals surface area contributed by atoms with Gasteiger partial charge in [0.1, 0.15) is 11.2 Å². The summed E-state index contributed by atoms with van der Waals surface area (Å²) in [6, 6.07) is 5.72. The van der Waals surface area contributed by atoms with Crippen LogP contribution in [0.1, 0.15) is 18.4 Å². The minimum absolute atomic E-state index is 0.0634. The molecule has 0 aliphatic heterocycles. The lowest BCUT2D eigenvalue weighted by molar-refractivity contribution is -0.174. The molecule has 0 atom stereocenters. The third-order valence-electron chi connectivity index (χ3n) is 2.95. The highest BCUT2D eigenvalue weighted by Gasteiger charge is 2.62. The summed E-state index contributed by atoms with van der Waals surface area (Å²) < 4.78 is 25.7. The number of aliphatic carboxylic acids is 1. The van der Waals surface area contributed by atoms with Crippen LogP contribution in [0, 0.1) is 0 Å². The number of carbonyl (C=O) groups is 1. The number of carboxylic acids is 1. The summed E-state index contributed by atoms with van der Waals surface area (Å²) in [7, 11) is 0. The number of para-hydroxylation sites is 1. The normalized spacial score (nSPS) is 21.1. The van der Waals surface area contributed by atoms with E-state index >= 15 is 0 Å². The first kappa shape index (κ1) is 10.9. The third-order valence-corrected chi connectivity index (χ3v) is 2.95. The molecule has 1 saturated carbocycles. The molecule has 5 heteroatoms. The van der Waals surface area contributed by atoms with Gasteiger partial charge in [0, 0.05) is 18.4 Å². The molecule has 1 aliphatic carbocycles. The molecule has 1 fully saturated rings.